The van der Waals surface area contributed by atoms with E-state index >= 15 is 0 Å². The van der Waals surface area contributed by atoms with Gasteiger partial charge in [-0.25, -0.2) is 13.1 Å². The third kappa shape index (κ3) is 4.85. The van der Waals surface area contributed by atoms with Crippen molar-refractivity contribution < 1.29 is 8.42 Å². The van der Waals surface area contributed by atoms with Gasteiger partial charge in [0.15, 0.2) is 0 Å². The van der Waals surface area contributed by atoms with E-state index < -0.39 is 10.0 Å². The van der Waals surface area contributed by atoms with Crippen LogP contribution in [-0.4, -0.2) is 15.0 Å². The summed E-state index contributed by atoms with van der Waals surface area (Å²) in [6, 6.07) is 7.34. The smallest absolute Gasteiger partial charge is 0.215 e. The van der Waals surface area contributed by atoms with Gasteiger partial charge in [0.05, 0.1) is 5.75 Å². The maximum absolute atomic E-state index is 11.8. The highest BCUT2D eigenvalue weighted by Crippen LogP contribution is 2.11. The van der Waals surface area contributed by atoms with Crippen LogP contribution < -0.4 is 10.5 Å². The lowest BCUT2D eigenvalue weighted by Gasteiger charge is -2.11. The average molecular weight is 256 g/mol. The summed E-state index contributed by atoms with van der Waals surface area (Å²) in [7, 11) is -3.27. The highest BCUT2D eigenvalue weighted by Gasteiger charge is 2.13. The third-order valence-corrected chi connectivity index (χ3v) is 3.69. The van der Waals surface area contributed by atoms with Crippen molar-refractivity contribution in [2.45, 2.75) is 26.1 Å². The van der Waals surface area contributed by atoms with E-state index in [9.17, 15) is 8.42 Å². The number of benzene rings is 1. The molecule has 0 aliphatic heterocycles. The van der Waals surface area contributed by atoms with Gasteiger partial charge < -0.3 is 5.73 Å². The monoisotopic (exact) mass is 256 g/mol. The standard InChI is InChI=1S/C12H20N2O2S/c1-10(2)8-14-17(15,16)9-12-6-4-3-5-11(12)7-13/h3-6,10,14H,7-9,13H2,1-2H3. The van der Waals surface area contributed by atoms with Gasteiger partial charge in [0.2, 0.25) is 10.0 Å². The fourth-order valence-electron chi connectivity index (χ4n) is 1.45. The number of sulfonamides is 1. The molecular weight excluding hydrogens is 236 g/mol. The van der Waals surface area contributed by atoms with Crippen LogP contribution in [0.25, 0.3) is 0 Å². The molecule has 0 heterocycles. The minimum Gasteiger partial charge on any atom is -0.326 e. The second kappa shape index (κ2) is 6.14. The third-order valence-electron chi connectivity index (χ3n) is 2.40. The van der Waals surface area contributed by atoms with Gasteiger partial charge >= 0.3 is 0 Å². The Kier molecular flexibility index (Phi) is 5.11. The largest absolute Gasteiger partial charge is 0.326 e. The van der Waals surface area contributed by atoms with Crippen LogP contribution in [0.5, 0.6) is 0 Å². The van der Waals surface area contributed by atoms with E-state index in [0.717, 1.165) is 11.1 Å². The van der Waals surface area contributed by atoms with Gasteiger partial charge in [-0.05, 0) is 17.0 Å². The molecule has 0 saturated carbocycles. The maximum Gasteiger partial charge on any atom is 0.215 e. The van der Waals surface area contributed by atoms with Crippen molar-refractivity contribution in [2.75, 3.05) is 6.54 Å². The maximum atomic E-state index is 11.8. The van der Waals surface area contributed by atoms with Crippen LogP contribution in [0.4, 0.5) is 0 Å². The summed E-state index contributed by atoms with van der Waals surface area (Å²) in [5, 5.41) is 0. The molecule has 96 valence electrons. The number of hydrogen-bond donors (Lipinski definition) is 2. The molecule has 0 unspecified atom stereocenters. The van der Waals surface area contributed by atoms with Crippen LogP contribution in [0.1, 0.15) is 25.0 Å². The topological polar surface area (TPSA) is 72.2 Å². The summed E-state index contributed by atoms with van der Waals surface area (Å²) in [5.41, 5.74) is 7.22. The lowest BCUT2D eigenvalue weighted by molar-refractivity contribution is 0.559. The Morgan fingerprint density at radius 3 is 2.35 bits per heavy atom. The highest BCUT2D eigenvalue weighted by atomic mass is 32.2. The Morgan fingerprint density at radius 2 is 1.82 bits per heavy atom. The van der Waals surface area contributed by atoms with E-state index in [0.29, 0.717) is 19.0 Å². The SMILES string of the molecule is CC(C)CNS(=O)(=O)Cc1ccccc1CN. The molecule has 0 aromatic heterocycles. The van der Waals surface area contributed by atoms with Crippen molar-refractivity contribution >= 4 is 10.0 Å². The van der Waals surface area contributed by atoms with Gasteiger partial charge in [0, 0.05) is 13.1 Å². The lowest BCUT2D eigenvalue weighted by Crippen LogP contribution is -2.29. The normalized spacial score (nSPS) is 12.0. The van der Waals surface area contributed by atoms with Crippen LogP contribution in [0.15, 0.2) is 24.3 Å². The van der Waals surface area contributed by atoms with Crippen molar-refractivity contribution in [2.24, 2.45) is 11.7 Å². The van der Waals surface area contributed by atoms with Gasteiger partial charge in [0.1, 0.15) is 0 Å². The number of hydrogen-bond acceptors (Lipinski definition) is 3. The Bertz CT molecular complexity index is 455. The van der Waals surface area contributed by atoms with Crippen LogP contribution in [0.2, 0.25) is 0 Å². The van der Waals surface area contributed by atoms with Crippen LogP contribution >= 0.6 is 0 Å². The minimum atomic E-state index is -3.27. The van der Waals surface area contributed by atoms with E-state index in [1.54, 1.807) is 6.07 Å². The number of rotatable bonds is 6. The van der Waals surface area contributed by atoms with Gasteiger partial charge in [-0.3, -0.25) is 0 Å². The molecule has 1 aromatic carbocycles. The molecule has 3 N–H and O–H groups in total. The van der Waals surface area contributed by atoms with Crippen molar-refractivity contribution in [1.29, 1.82) is 0 Å². The van der Waals surface area contributed by atoms with Crippen molar-refractivity contribution in [3.05, 3.63) is 35.4 Å². The first-order valence-electron chi connectivity index (χ1n) is 5.69. The Morgan fingerprint density at radius 1 is 1.24 bits per heavy atom. The zero-order chi connectivity index (χ0) is 12.9. The van der Waals surface area contributed by atoms with Gasteiger partial charge in [-0.15, -0.1) is 0 Å². The van der Waals surface area contributed by atoms with E-state index in [1.807, 2.05) is 32.0 Å². The quantitative estimate of drug-likeness (QED) is 0.804. The molecular formula is C12H20N2O2S. The van der Waals surface area contributed by atoms with E-state index in [1.165, 1.54) is 0 Å². The van der Waals surface area contributed by atoms with Crippen LogP contribution in [0.3, 0.4) is 0 Å². The number of nitrogens with one attached hydrogen (secondary N) is 1. The van der Waals surface area contributed by atoms with Crippen molar-refractivity contribution in [3.63, 3.8) is 0 Å². The molecule has 4 nitrogen and oxygen atoms in total. The summed E-state index contributed by atoms with van der Waals surface area (Å²) in [5.74, 6) is 0.294. The van der Waals surface area contributed by atoms with E-state index in [4.69, 9.17) is 5.73 Å². The molecule has 5 heteroatoms. The molecule has 17 heavy (non-hydrogen) atoms. The summed E-state index contributed by atoms with van der Waals surface area (Å²) in [4.78, 5) is 0. The Hall–Kier alpha value is -0.910. The van der Waals surface area contributed by atoms with Crippen LogP contribution in [0, 0.1) is 5.92 Å². The first kappa shape index (κ1) is 14.2. The average Bonchev–Trinajstić information content (AvgIpc) is 2.27. The van der Waals surface area contributed by atoms with Gasteiger partial charge in [-0.2, -0.15) is 0 Å². The molecule has 0 amide bonds. The number of nitrogens with two attached hydrogens (primary N) is 1. The summed E-state index contributed by atoms with van der Waals surface area (Å²) in [6.07, 6.45) is 0. The Balaban J connectivity index is 2.76. The molecule has 0 radical (unpaired) electrons. The molecule has 0 aliphatic rings. The summed E-state index contributed by atoms with van der Waals surface area (Å²) in [6.45, 7) is 4.76. The molecule has 1 aromatic rings. The first-order valence-corrected chi connectivity index (χ1v) is 7.34. The van der Waals surface area contributed by atoms with Crippen molar-refractivity contribution in [1.82, 2.24) is 4.72 Å². The molecule has 0 atom stereocenters. The van der Waals surface area contributed by atoms with E-state index in [2.05, 4.69) is 4.72 Å². The zero-order valence-electron chi connectivity index (χ0n) is 10.3. The molecule has 0 spiro atoms. The predicted octanol–water partition coefficient (Wildman–Crippen LogP) is 1.22. The van der Waals surface area contributed by atoms with Gasteiger partial charge in [0.25, 0.3) is 0 Å². The highest BCUT2D eigenvalue weighted by molar-refractivity contribution is 7.88. The summed E-state index contributed by atoms with van der Waals surface area (Å²) >= 11 is 0. The molecule has 0 saturated heterocycles. The zero-order valence-corrected chi connectivity index (χ0v) is 11.1. The second-order valence-corrected chi connectivity index (χ2v) is 6.28. The molecule has 1 rings (SSSR count). The lowest BCUT2D eigenvalue weighted by atomic mass is 10.1. The second-order valence-electron chi connectivity index (χ2n) is 4.47. The van der Waals surface area contributed by atoms with Crippen LogP contribution in [-0.2, 0) is 22.3 Å². The first-order chi connectivity index (χ1) is 7.94. The fraction of sp³-hybridized carbons (Fsp3) is 0.500. The minimum absolute atomic E-state index is 0.00685. The van der Waals surface area contributed by atoms with Gasteiger partial charge in [-0.1, -0.05) is 38.1 Å². The molecule has 0 fully saturated rings. The predicted molar refractivity (Wildman–Crippen MR) is 69.8 cm³/mol. The Labute approximate surface area is 103 Å². The van der Waals surface area contributed by atoms with Crippen molar-refractivity contribution in [3.8, 4) is 0 Å². The molecule has 0 bridgehead atoms. The molecule has 0 aliphatic carbocycles. The fourth-order valence-corrected chi connectivity index (χ4v) is 2.83. The summed E-state index contributed by atoms with van der Waals surface area (Å²) < 4.78 is 26.2. The van der Waals surface area contributed by atoms with E-state index in [-0.39, 0.29) is 5.75 Å².